The quantitative estimate of drug-likeness (QED) is 0.879. The Bertz CT molecular complexity index is 844. The third-order valence-electron chi connectivity index (χ3n) is 3.03. The summed E-state index contributed by atoms with van der Waals surface area (Å²) in [6.45, 7) is 1.59. The Morgan fingerprint density at radius 3 is 2.91 bits per heavy atom. The van der Waals surface area contributed by atoms with Gasteiger partial charge < -0.3 is 5.32 Å². The lowest BCUT2D eigenvalue weighted by atomic mass is 10.2. The van der Waals surface area contributed by atoms with Gasteiger partial charge in [0.25, 0.3) is 15.9 Å². The Balaban J connectivity index is 1.85. The summed E-state index contributed by atoms with van der Waals surface area (Å²) in [6, 6.07) is 5.75. The van der Waals surface area contributed by atoms with Crippen LogP contribution < -0.4 is 10.0 Å². The maximum atomic E-state index is 12.0. The van der Waals surface area contributed by atoms with Crippen molar-refractivity contribution in [3.8, 4) is 0 Å². The number of aromatic nitrogens is 1. The first-order chi connectivity index (χ1) is 10.5. The SMILES string of the molecule is C[C@H](N=C1NS(=O)(=O)c2ccccc21)C(=O)Nc1nccs1. The maximum Gasteiger partial charge on any atom is 0.263 e. The van der Waals surface area contributed by atoms with Crippen LogP contribution in [0.2, 0.25) is 0 Å². The van der Waals surface area contributed by atoms with E-state index >= 15 is 0 Å². The molecule has 0 bridgehead atoms. The number of aliphatic imine (C=N–C) groups is 1. The number of thiazole rings is 1. The second-order valence-corrected chi connectivity index (χ2v) is 7.13. The molecule has 2 aromatic rings. The van der Waals surface area contributed by atoms with Crippen molar-refractivity contribution in [2.75, 3.05) is 5.32 Å². The third-order valence-corrected chi connectivity index (χ3v) is 5.11. The monoisotopic (exact) mass is 336 g/mol. The molecule has 0 saturated carbocycles. The molecular weight excluding hydrogens is 324 g/mol. The van der Waals surface area contributed by atoms with Crippen LogP contribution >= 0.6 is 11.3 Å². The van der Waals surface area contributed by atoms with Gasteiger partial charge in [0.15, 0.2) is 5.13 Å². The van der Waals surface area contributed by atoms with E-state index in [-0.39, 0.29) is 16.6 Å². The Morgan fingerprint density at radius 2 is 2.18 bits per heavy atom. The number of nitrogens with zero attached hydrogens (tertiary/aromatic N) is 2. The normalized spacial score (nSPS) is 18.5. The van der Waals surface area contributed by atoms with E-state index in [0.29, 0.717) is 10.7 Å². The number of anilines is 1. The highest BCUT2D eigenvalue weighted by atomic mass is 32.2. The van der Waals surface area contributed by atoms with E-state index in [0.717, 1.165) is 0 Å². The van der Waals surface area contributed by atoms with Crippen molar-refractivity contribution in [2.45, 2.75) is 17.9 Å². The molecule has 0 fully saturated rings. The molecule has 0 spiro atoms. The van der Waals surface area contributed by atoms with Crippen molar-refractivity contribution in [1.82, 2.24) is 9.71 Å². The molecule has 2 heterocycles. The summed E-state index contributed by atoms with van der Waals surface area (Å²) in [5.74, 6) is -0.177. The van der Waals surface area contributed by atoms with Crippen LogP contribution in [0.1, 0.15) is 12.5 Å². The summed E-state index contributed by atoms with van der Waals surface area (Å²) in [6.07, 6.45) is 1.58. The minimum Gasteiger partial charge on any atom is -0.300 e. The number of nitrogens with one attached hydrogen (secondary N) is 2. The molecule has 1 aromatic carbocycles. The molecule has 22 heavy (non-hydrogen) atoms. The van der Waals surface area contributed by atoms with Crippen molar-refractivity contribution >= 4 is 38.2 Å². The number of amidine groups is 1. The van der Waals surface area contributed by atoms with E-state index in [1.807, 2.05) is 0 Å². The first kappa shape index (κ1) is 14.7. The summed E-state index contributed by atoms with van der Waals surface area (Å²) in [5, 5.41) is 4.84. The second-order valence-electron chi connectivity index (χ2n) is 4.58. The number of hydrogen-bond acceptors (Lipinski definition) is 6. The van der Waals surface area contributed by atoms with Gasteiger partial charge in [-0.15, -0.1) is 11.3 Å². The van der Waals surface area contributed by atoms with Gasteiger partial charge in [0.05, 0.1) is 4.90 Å². The Labute approximate surface area is 131 Å². The van der Waals surface area contributed by atoms with E-state index in [9.17, 15) is 13.2 Å². The van der Waals surface area contributed by atoms with Crippen LogP contribution in [-0.2, 0) is 14.8 Å². The van der Waals surface area contributed by atoms with Crippen LogP contribution in [0.15, 0.2) is 45.7 Å². The molecule has 1 atom stereocenters. The summed E-state index contributed by atoms with van der Waals surface area (Å²) in [4.78, 5) is 20.4. The van der Waals surface area contributed by atoms with E-state index in [4.69, 9.17) is 0 Å². The molecule has 3 rings (SSSR count). The van der Waals surface area contributed by atoms with Crippen molar-refractivity contribution in [1.29, 1.82) is 0 Å². The molecule has 1 amide bonds. The van der Waals surface area contributed by atoms with Gasteiger partial charge in [0.1, 0.15) is 11.9 Å². The number of rotatable bonds is 3. The molecular formula is C13H12N4O3S2. The van der Waals surface area contributed by atoms with Crippen LogP contribution in [0, 0.1) is 0 Å². The topological polar surface area (TPSA) is 101 Å². The first-order valence-corrected chi connectivity index (χ1v) is 8.74. The number of amides is 1. The van der Waals surface area contributed by atoms with E-state index < -0.39 is 16.1 Å². The molecule has 1 aromatic heterocycles. The van der Waals surface area contributed by atoms with Gasteiger partial charge in [-0.25, -0.2) is 13.4 Å². The fraction of sp³-hybridized carbons (Fsp3) is 0.154. The fourth-order valence-corrected chi connectivity index (χ4v) is 3.75. The molecule has 2 N–H and O–H groups in total. The summed E-state index contributed by atoms with van der Waals surface area (Å²) < 4.78 is 26.3. The Morgan fingerprint density at radius 1 is 1.41 bits per heavy atom. The fourth-order valence-electron chi connectivity index (χ4n) is 1.98. The molecule has 1 aliphatic heterocycles. The van der Waals surface area contributed by atoms with Crippen molar-refractivity contribution in [3.05, 3.63) is 41.4 Å². The third kappa shape index (κ3) is 2.72. The number of benzene rings is 1. The van der Waals surface area contributed by atoms with Gasteiger partial charge in [-0.1, -0.05) is 12.1 Å². The second kappa shape index (κ2) is 5.50. The minimum atomic E-state index is -3.60. The zero-order valence-corrected chi connectivity index (χ0v) is 13.1. The molecule has 9 heteroatoms. The predicted octanol–water partition coefficient (Wildman–Crippen LogP) is 1.21. The van der Waals surface area contributed by atoms with Gasteiger partial charge in [-0.05, 0) is 19.1 Å². The average Bonchev–Trinajstić information content (AvgIpc) is 3.07. The largest absolute Gasteiger partial charge is 0.300 e. The lowest BCUT2D eigenvalue weighted by Gasteiger charge is -2.07. The van der Waals surface area contributed by atoms with Gasteiger partial charge in [-0.3, -0.25) is 14.5 Å². The summed E-state index contributed by atoms with van der Waals surface area (Å²) in [7, 11) is -3.60. The highest BCUT2D eigenvalue weighted by Crippen LogP contribution is 2.22. The van der Waals surface area contributed by atoms with Crippen molar-refractivity contribution in [3.63, 3.8) is 0 Å². The number of carbonyl (C=O) groups excluding carboxylic acids is 1. The summed E-state index contributed by atoms with van der Waals surface area (Å²) >= 11 is 1.30. The Hall–Kier alpha value is -2.26. The lowest BCUT2D eigenvalue weighted by Crippen LogP contribution is -2.28. The molecule has 0 saturated heterocycles. The first-order valence-electron chi connectivity index (χ1n) is 6.38. The highest BCUT2D eigenvalue weighted by molar-refractivity contribution is 7.90. The average molecular weight is 336 g/mol. The number of fused-ring (bicyclic) bond motifs is 1. The predicted molar refractivity (Wildman–Crippen MR) is 83.5 cm³/mol. The molecule has 114 valence electrons. The van der Waals surface area contributed by atoms with Crippen LogP contribution in [0.25, 0.3) is 0 Å². The standard InChI is InChI=1S/C13H12N4O3S2/c1-8(12(18)16-13-14-6-7-21-13)15-11-9-4-2-3-5-10(9)22(19,20)17-11/h2-8H,1H3,(H,15,17)(H,14,16,18)/t8-/m0/s1. The minimum absolute atomic E-state index is 0.168. The highest BCUT2D eigenvalue weighted by Gasteiger charge is 2.31. The number of sulfonamides is 1. The van der Waals surface area contributed by atoms with Crippen LogP contribution in [0.3, 0.4) is 0 Å². The van der Waals surface area contributed by atoms with Gasteiger partial charge in [0.2, 0.25) is 0 Å². The zero-order valence-electron chi connectivity index (χ0n) is 11.5. The maximum absolute atomic E-state index is 12.0. The number of carbonyl (C=O) groups is 1. The molecule has 1 aliphatic rings. The van der Waals surface area contributed by atoms with E-state index in [1.165, 1.54) is 17.4 Å². The van der Waals surface area contributed by atoms with E-state index in [1.54, 1.807) is 36.7 Å². The number of hydrogen-bond donors (Lipinski definition) is 2. The van der Waals surface area contributed by atoms with Gasteiger partial charge >= 0.3 is 0 Å². The molecule has 0 aliphatic carbocycles. The van der Waals surface area contributed by atoms with Crippen LogP contribution in [0.4, 0.5) is 5.13 Å². The van der Waals surface area contributed by atoms with Crippen LogP contribution in [0.5, 0.6) is 0 Å². The van der Waals surface area contributed by atoms with Gasteiger partial charge in [-0.2, -0.15) is 0 Å². The molecule has 0 unspecified atom stereocenters. The van der Waals surface area contributed by atoms with E-state index in [2.05, 4.69) is 20.0 Å². The lowest BCUT2D eigenvalue weighted by molar-refractivity contribution is -0.117. The Kier molecular flexibility index (Phi) is 3.67. The zero-order chi connectivity index (χ0) is 15.7. The van der Waals surface area contributed by atoms with Crippen molar-refractivity contribution in [2.24, 2.45) is 4.99 Å². The van der Waals surface area contributed by atoms with Crippen molar-refractivity contribution < 1.29 is 13.2 Å². The van der Waals surface area contributed by atoms with Crippen LogP contribution in [-0.4, -0.2) is 31.2 Å². The summed E-state index contributed by atoms with van der Waals surface area (Å²) in [5.41, 5.74) is 0.469. The molecule has 7 nitrogen and oxygen atoms in total. The smallest absolute Gasteiger partial charge is 0.263 e. The molecule has 0 radical (unpaired) electrons. The van der Waals surface area contributed by atoms with Gasteiger partial charge in [0, 0.05) is 17.1 Å².